The molecule has 2 aromatic carbocycles. The van der Waals surface area contributed by atoms with E-state index in [1.54, 1.807) is 31.2 Å². The fourth-order valence-corrected chi connectivity index (χ4v) is 3.85. The van der Waals surface area contributed by atoms with Crippen LogP contribution < -0.4 is 9.47 Å². The summed E-state index contributed by atoms with van der Waals surface area (Å²) in [5.41, 5.74) is 3.50. The standard InChI is InChI=1S/C24H24O6/c1-15(24(27)19-6-5-16-3-2-4-17(16)13-19)30-23(26)10-8-20(25)18-7-9-21-22(14-18)29-12-11-28-21/h5-7,9,13-15H,2-4,8,10-12H2,1H3. The van der Waals surface area contributed by atoms with Crippen LogP contribution in [-0.2, 0) is 22.4 Å². The fraction of sp³-hybridized carbons (Fsp3) is 0.375. The van der Waals surface area contributed by atoms with Crippen molar-refractivity contribution in [3.05, 3.63) is 58.7 Å². The highest BCUT2D eigenvalue weighted by Gasteiger charge is 2.22. The number of aryl methyl sites for hydroxylation is 2. The van der Waals surface area contributed by atoms with Gasteiger partial charge in [0.15, 0.2) is 23.4 Å². The molecule has 0 bridgehead atoms. The normalized spacial score (nSPS) is 15.2. The minimum Gasteiger partial charge on any atom is -0.486 e. The number of esters is 1. The third kappa shape index (κ3) is 4.37. The summed E-state index contributed by atoms with van der Waals surface area (Å²) >= 11 is 0. The van der Waals surface area contributed by atoms with Crippen molar-refractivity contribution in [2.75, 3.05) is 13.2 Å². The van der Waals surface area contributed by atoms with Crippen LogP contribution in [0, 0.1) is 0 Å². The second-order valence-electron chi connectivity index (χ2n) is 7.61. The Bertz CT molecular complexity index is 993. The highest BCUT2D eigenvalue weighted by Crippen LogP contribution is 2.31. The molecule has 2 aliphatic rings. The predicted molar refractivity (Wildman–Crippen MR) is 109 cm³/mol. The van der Waals surface area contributed by atoms with E-state index in [0.717, 1.165) is 19.3 Å². The Morgan fingerprint density at radius 1 is 0.900 bits per heavy atom. The average molecular weight is 408 g/mol. The molecule has 4 rings (SSSR count). The lowest BCUT2D eigenvalue weighted by atomic mass is 10.0. The van der Waals surface area contributed by atoms with Gasteiger partial charge in [-0.05, 0) is 61.6 Å². The van der Waals surface area contributed by atoms with Crippen molar-refractivity contribution in [2.24, 2.45) is 0 Å². The summed E-state index contributed by atoms with van der Waals surface area (Å²) < 4.78 is 16.2. The highest BCUT2D eigenvalue weighted by molar-refractivity contribution is 6.01. The molecule has 6 nitrogen and oxygen atoms in total. The maximum absolute atomic E-state index is 12.6. The minimum atomic E-state index is -0.888. The van der Waals surface area contributed by atoms with Crippen LogP contribution in [0.4, 0.5) is 0 Å². The van der Waals surface area contributed by atoms with Crippen LogP contribution in [0.1, 0.15) is 58.0 Å². The van der Waals surface area contributed by atoms with Crippen molar-refractivity contribution < 1.29 is 28.6 Å². The van der Waals surface area contributed by atoms with E-state index in [1.165, 1.54) is 11.1 Å². The Hall–Kier alpha value is -3.15. The summed E-state index contributed by atoms with van der Waals surface area (Å²) in [6, 6.07) is 10.7. The SMILES string of the molecule is CC(OC(=O)CCC(=O)c1ccc2c(c1)OCCO2)C(=O)c1ccc2c(c1)CCC2. The molecule has 0 saturated carbocycles. The number of carbonyl (C=O) groups is 3. The maximum atomic E-state index is 12.6. The van der Waals surface area contributed by atoms with Gasteiger partial charge in [-0.3, -0.25) is 14.4 Å². The molecule has 30 heavy (non-hydrogen) atoms. The molecule has 0 spiro atoms. The zero-order chi connectivity index (χ0) is 21.1. The molecular formula is C24H24O6. The Morgan fingerprint density at radius 3 is 2.47 bits per heavy atom. The Kier molecular flexibility index (Phi) is 5.84. The summed E-state index contributed by atoms with van der Waals surface area (Å²) in [5, 5.41) is 0. The molecule has 6 heteroatoms. The van der Waals surface area contributed by atoms with Gasteiger partial charge < -0.3 is 14.2 Å². The number of fused-ring (bicyclic) bond motifs is 2. The van der Waals surface area contributed by atoms with Gasteiger partial charge in [-0.25, -0.2) is 0 Å². The highest BCUT2D eigenvalue weighted by atomic mass is 16.6. The van der Waals surface area contributed by atoms with E-state index in [0.29, 0.717) is 35.8 Å². The van der Waals surface area contributed by atoms with Crippen molar-refractivity contribution in [1.29, 1.82) is 0 Å². The summed E-state index contributed by atoms with van der Waals surface area (Å²) in [6.45, 7) is 2.48. The zero-order valence-corrected chi connectivity index (χ0v) is 16.9. The lowest BCUT2D eigenvalue weighted by Crippen LogP contribution is -2.24. The average Bonchev–Trinajstić information content (AvgIpc) is 3.24. The van der Waals surface area contributed by atoms with E-state index in [2.05, 4.69) is 0 Å². The second-order valence-corrected chi connectivity index (χ2v) is 7.61. The molecule has 1 aliphatic heterocycles. The van der Waals surface area contributed by atoms with Gasteiger partial charge in [-0.2, -0.15) is 0 Å². The van der Waals surface area contributed by atoms with Gasteiger partial charge in [0.25, 0.3) is 0 Å². The van der Waals surface area contributed by atoms with Crippen molar-refractivity contribution in [3.8, 4) is 11.5 Å². The quantitative estimate of drug-likeness (QED) is 0.513. The van der Waals surface area contributed by atoms with Crippen LogP contribution in [0.5, 0.6) is 11.5 Å². The van der Waals surface area contributed by atoms with Crippen molar-refractivity contribution in [2.45, 2.75) is 45.1 Å². The maximum Gasteiger partial charge on any atom is 0.306 e. The Labute approximate surface area is 175 Å². The third-order valence-corrected chi connectivity index (χ3v) is 5.48. The Balaban J connectivity index is 1.30. The van der Waals surface area contributed by atoms with E-state index >= 15 is 0 Å². The summed E-state index contributed by atoms with van der Waals surface area (Å²) in [7, 11) is 0. The first-order chi connectivity index (χ1) is 14.5. The van der Waals surface area contributed by atoms with Crippen LogP contribution in [0.25, 0.3) is 0 Å². The zero-order valence-electron chi connectivity index (χ0n) is 16.9. The van der Waals surface area contributed by atoms with Crippen LogP contribution in [-0.4, -0.2) is 36.9 Å². The molecular weight excluding hydrogens is 384 g/mol. The molecule has 0 saturated heterocycles. The number of carbonyl (C=O) groups excluding carboxylic acids is 3. The number of benzene rings is 2. The Morgan fingerprint density at radius 2 is 1.63 bits per heavy atom. The van der Waals surface area contributed by atoms with Crippen molar-refractivity contribution in [3.63, 3.8) is 0 Å². The minimum absolute atomic E-state index is 0.00175. The van der Waals surface area contributed by atoms with E-state index in [-0.39, 0.29) is 24.4 Å². The van der Waals surface area contributed by atoms with Crippen LogP contribution in [0.2, 0.25) is 0 Å². The molecule has 0 amide bonds. The molecule has 0 fully saturated rings. The molecule has 1 unspecified atom stereocenters. The molecule has 0 aromatic heterocycles. The fourth-order valence-electron chi connectivity index (χ4n) is 3.85. The van der Waals surface area contributed by atoms with Crippen LogP contribution in [0.15, 0.2) is 36.4 Å². The monoisotopic (exact) mass is 408 g/mol. The number of ether oxygens (including phenoxy) is 3. The van der Waals surface area contributed by atoms with Crippen LogP contribution >= 0.6 is 0 Å². The first kappa shape index (κ1) is 20.1. The molecule has 1 atom stereocenters. The topological polar surface area (TPSA) is 78.9 Å². The van der Waals surface area contributed by atoms with Crippen LogP contribution in [0.3, 0.4) is 0 Å². The largest absolute Gasteiger partial charge is 0.486 e. The number of hydrogen-bond acceptors (Lipinski definition) is 6. The molecule has 1 heterocycles. The van der Waals surface area contributed by atoms with Gasteiger partial charge in [0.2, 0.25) is 5.78 Å². The molecule has 1 aliphatic carbocycles. The first-order valence-corrected chi connectivity index (χ1v) is 10.3. The smallest absolute Gasteiger partial charge is 0.306 e. The molecule has 2 aromatic rings. The predicted octanol–water partition coefficient (Wildman–Crippen LogP) is 3.72. The summed E-state index contributed by atoms with van der Waals surface area (Å²) in [4.78, 5) is 37.2. The number of ketones is 2. The third-order valence-electron chi connectivity index (χ3n) is 5.48. The van der Waals surface area contributed by atoms with Gasteiger partial charge in [-0.1, -0.05) is 12.1 Å². The van der Waals surface area contributed by atoms with Crippen molar-refractivity contribution >= 4 is 17.5 Å². The van der Waals surface area contributed by atoms with E-state index in [9.17, 15) is 14.4 Å². The lowest BCUT2D eigenvalue weighted by Gasteiger charge is -2.18. The van der Waals surface area contributed by atoms with E-state index in [4.69, 9.17) is 14.2 Å². The van der Waals surface area contributed by atoms with Crippen molar-refractivity contribution in [1.82, 2.24) is 0 Å². The van der Waals surface area contributed by atoms with E-state index in [1.807, 2.05) is 12.1 Å². The number of hydrogen-bond donors (Lipinski definition) is 0. The second kappa shape index (κ2) is 8.69. The molecule has 156 valence electrons. The van der Waals surface area contributed by atoms with Gasteiger partial charge in [0.05, 0.1) is 6.42 Å². The van der Waals surface area contributed by atoms with Gasteiger partial charge in [-0.15, -0.1) is 0 Å². The van der Waals surface area contributed by atoms with E-state index < -0.39 is 12.1 Å². The number of rotatable bonds is 7. The lowest BCUT2D eigenvalue weighted by molar-refractivity contribution is -0.146. The molecule has 0 N–H and O–H groups in total. The molecule has 0 radical (unpaired) electrons. The first-order valence-electron chi connectivity index (χ1n) is 10.3. The van der Waals surface area contributed by atoms with Gasteiger partial charge >= 0.3 is 5.97 Å². The summed E-state index contributed by atoms with van der Waals surface area (Å²) in [6.07, 6.45) is 2.15. The van der Waals surface area contributed by atoms with Gasteiger partial charge in [0.1, 0.15) is 13.2 Å². The van der Waals surface area contributed by atoms with Gasteiger partial charge in [0, 0.05) is 17.5 Å². The summed E-state index contributed by atoms with van der Waals surface area (Å²) in [5.74, 6) is 0.153. The number of Topliss-reactive ketones (excluding diaryl/α,β-unsaturated/α-hetero) is 2.